The molecule has 166 valence electrons. The number of benzene rings is 1. The highest BCUT2D eigenvalue weighted by Gasteiger charge is 2.25. The van der Waals surface area contributed by atoms with Crippen LogP contribution in [-0.4, -0.2) is 29.6 Å². The van der Waals surface area contributed by atoms with Crippen LogP contribution in [0.5, 0.6) is 0 Å². The third-order valence-corrected chi connectivity index (χ3v) is 5.37. The molecule has 1 heterocycles. The number of alkyl carbamates (subject to hydrolysis) is 1. The van der Waals surface area contributed by atoms with Crippen molar-refractivity contribution in [1.82, 2.24) is 10.3 Å². The Balaban J connectivity index is 2.25. The van der Waals surface area contributed by atoms with E-state index in [2.05, 4.69) is 26.1 Å². The molecule has 2 rings (SSSR count). The van der Waals surface area contributed by atoms with Crippen molar-refractivity contribution in [2.45, 2.75) is 65.0 Å². The smallest absolute Gasteiger partial charge is 0.408 e. The molecule has 2 aromatic rings. The maximum Gasteiger partial charge on any atom is 0.408 e. The van der Waals surface area contributed by atoms with Gasteiger partial charge in [0.15, 0.2) is 0 Å². The van der Waals surface area contributed by atoms with E-state index in [-0.39, 0.29) is 11.1 Å². The van der Waals surface area contributed by atoms with Crippen LogP contribution in [0.4, 0.5) is 10.5 Å². The van der Waals surface area contributed by atoms with E-state index in [1.54, 1.807) is 32.9 Å². The zero-order chi connectivity index (χ0) is 22.7. The standard InChI is InChI=1S/C20H29N3O5S2/c1-19(2,3)16-12-29-17(22-16)15(21-18(24)28-20(4,5)6)11-13-7-9-14(10-8-13)23-30(25,26)27/h7-10,12,15,23H,11H2,1-6H3,(H,21,24)(H,25,26,27). The molecule has 1 amide bonds. The number of thiazole rings is 1. The van der Waals surface area contributed by atoms with Crippen LogP contribution >= 0.6 is 11.3 Å². The highest BCUT2D eigenvalue weighted by atomic mass is 32.2. The number of carbonyl (C=O) groups is 1. The van der Waals surface area contributed by atoms with Gasteiger partial charge < -0.3 is 10.1 Å². The third kappa shape index (κ3) is 7.92. The molecule has 0 fully saturated rings. The number of anilines is 1. The summed E-state index contributed by atoms with van der Waals surface area (Å²) in [6.07, 6.45) is -0.104. The summed E-state index contributed by atoms with van der Waals surface area (Å²) in [7, 11) is -4.33. The van der Waals surface area contributed by atoms with Gasteiger partial charge in [-0.2, -0.15) is 8.42 Å². The van der Waals surface area contributed by atoms with E-state index in [1.165, 1.54) is 23.5 Å². The van der Waals surface area contributed by atoms with Crippen LogP contribution in [0.1, 0.15) is 63.8 Å². The Morgan fingerprint density at radius 2 is 1.77 bits per heavy atom. The molecule has 0 saturated carbocycles. The number of carbonyl (C=O) groups excluding carboxylic acids is 1. The summed E-state index contributed by atoms with van der Waals surface area (Å²) >= 11 is 1.47. The Morgan fingerprint density at radius 3 is 2.23 bits per heavy atom. The number of aromatic nitrogens is 1. The molecule has 8 nitrogen and oxygen atoms in total. The van der Waals surface area contributed by atoms with Crippen molar-refractivity contribution in [2.24, 2.45) is 0 Å². The summed E-state index contributed by atoms with van der Waals surface area (Å²) in [6.45, 7) is 11.6. The van der Waals surface area contributed by atoms with Gasteiger partial charge in [-0.25, -0.2) is 9.78 Å². The number of hydrogen-bond acceptors (Lipinski definition) is 6. The van der Waals surface area contributed by atoms with Crippen molar-refractivity contribution in [1.29, 1.82) is 0 Å². The minimum absolute atomic E-state index is 0.117. The quantitative estimate of drug-likeness (QED) is 0.554. The predicted molar refractivity (Wildman–Crippen MR) is 118 cm³/mol. The lowest BCUT2D eigenvalue weighted by atomic mass is 9.93. The van der Waals surface area contributed by atoms with Crippen LogP contribution in [0.3, 0.4) is 0 Å². The fourth-order valence-corrected chi connectivity index (χ4v) is 4.07. The van der Waals surface area contributed by atoms with Gasteiger partial charge in [0.2, 0.25) is 0 Å². The zero-order valence-corrected chi connectivity index (χ0v) is 19.6. The Kier molecular flexibility index (Phi) is 7.16. The summed E-state index contributed by atoms with van der Waals surface area (Å²) in [5.41, 5.74) is 1.28. The predicted octanol–water partition coefficient (Wildman–Crippen LogP) is 4.46. The molecule has 0 spiro atoms. The summed E-state index contributed by atoms with van der Waals surface area (Å²) < 4.78 is 38.2. The van der Waals surface area contributed by atoms with E-state index in [4.69, 9.17) is 14.3 Å². The van der Waals surface area contributed by atoms with Crippen LogP contribution in [0.2, 0.25) is 0 Å². The van der Waals surface area contributed by atoms with E-state index in [1.807, 2.05) is 10.1 Å². The average Bonchev–Trinajstić information content (AvgIpc) is 3.03. The monoisotopic (exact) mass is 455 g/mol. The molecular formula is C20H29N3O5S2. The fraction of sp³-hybridized carbons (Fsp3) is 0.500. The zero-order valence-electron chi connectivity index (χ0n) is 18.0. The second-order valence-corrected chi connectivity index (χ2v) is 11.0. The number of hydrogen-bond donors (Lipinski definition) is 3. The molecule has 1 atom stereocenters. The molecule has 0 radical (unpaired) electrons. The van der Waals surface area contributed by atoms with E-state index < -0.39 is 28.0 Å². The number of nitrogens with zero attached hydrogens (tertiary/aromatic N) is 1. The third-order valence-electron chi connectivity index (χ3n) is 3.92. The highest BCUT2D eigenvalue weighted by molar-refractivity contribution is 7.87. The number of ether oxygens (including phenoxy) is 1. The summed E-state index contributed by atoms with van der Waals surface area (Å²) in [6, 6.07) is 6.10. The van der Waals surface area contributed by atoms with Crippen molar-refractivity contribution in [3.8, 4) is 0 Å². The van der Waals surface area contributed by atoms with Gasteiger partial charge in [0.25, 0.3) is 0 Å². The molecule has 10 heteroatoms. The number of rotatable bonds is 6. The minimum Gasteiger partial charge on any atom is -0.444 e. The maximum atomic E-state index is 12.4. The molecule has 0 saturated heterocycles. The molecule has 0 bridgehead atoms. The molecule has 1 aromatic carbocycles. The normalized spacial score (nSPS) is 13.6. The van der Waals surface area contributed by atoms with Crippen molar-refractivity contribution in [3.63, 3.8) is 0 Å². The maximum absolute atomic E-state index is 12.4. The molecule has 3 N–H and O–H groups in total. The van der Waals surface area contributed by atoms with Gasteiger partial charge >= 0.3 is 16.4 Å². The fourth-order valence-electron chi connectivity index (χ4n) is 2.54. The molecule has 0 aliphatic heterocycles. The van der Waals surface area contributed by atoms with Crippen molar-refractivity contribution >= 4 is 33.4 Å². The Bertz CT molecular complexity index is 971. The lowest BCUT2D eigenvalue weighted by Crippen LogP contribution is -2.35. The lowest BCUT2D eigenvalue weighted by molar-refractivity contribution is 0.0503. The van der Waals surface area contributed by atoms with Crippen molar-refractivity contribution in [3.05, 3.63) is 45.9 Å². The van der Waals surface area contributed by atoms with E-state index >= 15 is 0 Å². The van der Waals surface area contributed by atoms with Crippen molar-refractivity contribution < 1.29 is 22.5 Å². The van der Waals surface area contributed by atoms with Gasteiger partial charge in [-0.05, 0) is 44.9 Å². The second kappa shape index (κ2) is 8.91. The molecule has 30 heavy (non-hydrogen) atoms. The van der Waals surface area contributed by atoms with Gasteiger partial charge in [0, 0.05) is 10.8 Å². The van der Waals surface area contributed by atoms with Crippen LogP contribution in [0.25, 0.3) is 0 Å². The Labute approximate surface area is 182 Å². The van der Waals surface area contributed by atoms with Gasteiger partial charge in [-0.3, -0.25) is 9.27 Å². The average molecular weight is 456 g/mol. The molecular weight excluding hydrogens is 426 g/mol. The molecule has 1 unspecified atom stereocenters. The first-order chi connectivity index (χ1) is 13.6. The Hall–Kier alpha value is -2.17. The van der Waals surface area contributed by atoms with E-state index in [0.29, 0.717) is 6.42 Å². The number of amides is 1. The minimum atomic E-state index is -4.33. The first-order valence-electron chi connectivity index (χ1n) is 9.42. The Morgan fingerprint density at radius 1 is 1.17 bits per heavy atom. The SMILES string of the molecule is CC(C)(C)OC(=O)NC(Cc1ccc(NS(=O)(=O)O)cc1)c1nc(C(C)(C)C)cs1. The second-order valence-electron chi connectivity index (χ2n) is 9.00. The molecule has 0 aliphatic carbocycles. The topological polar surface area (TPSA) is 118 Å². The van der Waals surface area contributed by atoms with Gasteiger partial charge in [0.05, 0.1) is 17.4 Å². The first kappa shape index (κ1) is 24.1. The van der Waals surface area contributed by atoms with Crippen LogP contribution in [-0.2, 0) is 26.9 Å². The van der Waals surface area contributed by atoms with E-state index in [9.17, 15) is 13.2 Å². The summed E-state index contributed by atoms with van der Waals surface area (Å²) in [4.78, 5) is 17.1. The van der Waals surface area contributed by atoms with Gasteiger partial charge in [-0.1, -0.05) is 32.9 Å². The van der Waals surface area contributed by atoms with E-state index in [0.717, 1.165) is 16.3 Å². The largest absolute Gasteiger partial charge is 0.444 e. The molecule has 0 aliphatic rings. The number of nitrogens with one attached hydrogen (secondary N) is 2. The summed E-state index contributed by atoms with van der Waals surface area (Å²) in [5, 5.41) is 5.63. The van der Waals surface area contributed by atoms with Gasteiger partial charge in [0.1, 0.15) is 10.6 Å². The first-order valence-corrected chi connectivity index (χ1v) is 11.7. The van der Waals surface area contributed by atoms with Gasteiger partial charge in [-0.15, -0.1) is 11.3 Å². The van der Waals surface area contributed by atoms with Crippen molar-refractivity contribution in [2.75, 3.05) is 4.72 Å². The summed E-state index contributed by atoms with van der Waals surface area (Å²) in [5.74, 6) is 0. The van der Waals surface area contributed by atoms with Crippen LogP contribution in [0.15, 0.2) is 29.6 Å². The molecule has 1 aromatic heterocycles. The van der Waals surface area contributed by atoms with Crippen LogP contribution in [0, 0.1) is 0 Å². The lowest BCUT2D eigenvalue weighted by Gasteiger charge is -2.23. The van der Waals surface area contributed by atoms with Crippen LogP contribution < -0.4 is 10.0 Å². The highest BCUT2D eigenvalue weighted by Crippen LogP contribution is 2.29.